The summed E-state index contributed by atoms with van der Waals surface area (Å²) in [7, 11) is 0. The summed E-state index contributed by atoms with van der Waals surface area (Å²) in [6, 6.07) is 6.16. The summed E-state index contributed by atoms with van der Waals surface area (Å²) in [4.78, 5) is 2.45. The lowest BCUT2D eigenvalue weighted by molar-refractivity contribution is 0.244. The number of nitrogen functional groups attached to an aromatic ring is 1. The molecule has 0 bridgehead atoms. The van der Waals surface area contributed by atoms with Crippen LogP contribution in [-0.4, -0.2) is 19.2 Å². The number of benzene rings is 1. The molecule has 0 aromatic heterocycles. The van der Waals surface area contributed by atoms with Crippen molar-refractivity contribution >= 4 is 11.4 Å². The van der Waals surface area contributed by atoms with Gasteiger partial charge in [0.25, 0.3) is 0 Å². The van der Waals surface area contributed by atoms with Gasteiger partial charge in [-0.3, -0.25) is 0 Å². The first kappa shape index (κ1) is 14.0. The Balaban J connectivity index is 2.15. The smallest absolute Gasteiger partial charge is 0.144 e. The average molecular weight is 262 g/mol. The third-order valence-electron chi connectivity index (χ3n) is 3.74. The Morgan fingerprint density at radius 1 is 1.26 bits per heavy atom. The van der Waals surface area contributed by atoms with E-state index in [2.05, 4.69) is 24.0 Å². The van der Waals surface area contributed by atoms with E-state index in [1.54, 1.807) is 0 Å². The molecule has 3 nitrogen and oxygen atoms in total. The summed E-state index contributed by atoms with van der Waals surface area (Å²) in [6.45, 7) is 8.67. The first-order valence-corrected chi connectivity index (χ1v) is 7.37. The second-order valence-electron chi connectivity index (χ2n) is 5.91. The van der Waals surface area contributed by atoms with Crippen molar-refractivity contribution in [3.05, 3.63) is 18.2 Å². The number of hydrogen-bond donors (Lipinski definition) is 1. The van der Waals surface area contributed by atoms with Gasteiger partial charge >= 0.3 is 0 Å². The van der Waals surface area contributed by atoms with E-state index in [4.69, 9.17) is 10.5 Å². The van der Waals surface area contributed by atoms with Crippen molar-refractivity contribution in [1.82, 2.24) is 0 Å². The number of nitrogens with two attached hydrogens (primary N) is 1. The van der Waals surface area contributed by atoms with Gasteiger partial charge in [0.15, 0.2) is 0 Å². The second kappa shape index (κ2) is 6.18. The van der Waals surface area contributed by atoms with Crippen LogP contribution in [0.15, 0.2) is 18.2 Å². The molecular formula is C16H26N2O. The fraction of sp³-hybridized carbons (Fsp3) is 0.625. The van der Waals surface area contributed by atoms with E-state index in [0.717, 1.165) is 30.4 Å². The molecule has 2 rings (SSSR count). The predicted molar refractivity (Wildman–Crippen MR) is 81.8 cm³/mol. The fourth-order valence-electron chi connectivity index (χ4n) is 2.60. The molecule has 3 heteroatoms. The monoisotopic (exact) mass is 262 g/mol. The maximum Gasteiger partial charge on any atom is 0.144 e. The van der Waals surface area contributed by atoms with Crippen molar-refractivity contribution in [2.24, 2.45) is 5.92 Å². The Kier molecular flexibility index (Phi) is 4.56. The van der Waals surface area contributed by atoms with Gasteiger partial charge in [-0.2, -0.15) is 0 Å². The highest BCUT2D eigenvalue weighted by Gasteiger charge is 2.15. The molecule has 1 aliphatic rings. The number of hydrogen-bond acceptors (Lipinski definition) is 3. The van der Waals surface area contributed by atoms with Crippen molar-refractivity contribution in [2.75, 3.05) is 23.7 Å². The van der Waals surface area contributed by atoms with E-state index >= 15 is 0 Å². The minimum absolute atomic E-state index is 0.154. The van der Waals surface area contributed by atoms with Crippen molar-refractivity contribution < 1.29 is 4.74 Å². The van der Waals surface area contributed by atoms with E-state index in [9.17, 15) is 0 Å². The zero-order chi connectivity index (χ0) is 13.8. The van der Waals surface area contributed by atoms with Crippen LogP contribution in [0.2, 0.25) is 0 Å². The summed E-state index contributed by atoms with van der Waals surface area (Å²) in [5, 5.41) is 0. The average Bonchev–Trinajstić information content (AvgIpc) is 2.56. The molecule has 1 aliphatic heterocycles. The molecule has 0 aliphatic carbocycles. The van der Waals surface area contributed by atoms with Gasteiger partial charge < -0.3 is 15.4 Å². The normalized spacial score (nSPS) is 20.4. The topological polar surface area (TPSA) is 38.5 Å². The highest BCUT2D eigenvalue weighted by molar-refractivity contribution is 5.62. The van der Waals surface area contributed by atoms with Crippen LogP contribution in [0.25, 0.3) is 0 Å². The van der Waals surface area contributed by atoms with E-state index in [-0.39, 0.29) is 6.10 Å². The van der Waals surface area contributed by atoms with Gasteiger partial charge in [-0.05, 0) is 51.2 Å². The van der Waals surface area contributed by atoms with Gasteiger partial charge in [-0.25, -0.2) is 0 Å². The van der Waals surface area contributed by atoms with E-state index in [1.165, 1.54) is 24.9 Å². The van der Waals surface area contributed by atoms with Gasteiger partial charge in [-0.1, -0.05) is 6.92 Å². The van der Waals surface area contributed by atoms with Crippen LogP contribution >= 0.6 is 0 Å². The maximum atomic E-state index is 5.98. The van der Waals surface area contributed by atoms with Crippen LogP contribution in [0, 0.1) is 5.92 Å². The molecule has 1 aromatic rings. The number of rotatable bonds is 3. The largest absolute Gasteiger partial charge is 0.489 e. The summed E-state index contributed by atoms with van der Waals surface area (Å²) in [6.07, 6.45) is 4.03. The highest BCUT2D eigenvalue weighted by atomic mass is 16.5. The molecule has 1 atom stereocenters. The molecule has 1 heterocycles. The Labute approximate surface area is 116 Å². The second-order valence-corrected chi connectivity index (χ2v) is 5.91. The quantitative estimate of drug-likeness (QED) is 0.844. The standard InChI is InChI=1S/C16H26N2O/c1-12(2)19-16-11-14(6-7-15(16)17)18-9-4-5-13(3)8-10-18/h6-7,11-13H,4-5,8-10,17H2,1-3H3. The molecule has 0 saturated carbocycles. The minimum atomic E-state index is 0.154. The first-order valence-electron chi connectivity index (χ1n) is 7.37. The zero-order valence-corrected chi connectivity index (χ0v) is 12.4. The van der Waals surface area contributed by atoms with Crippen LogP contribution in [-0.2, 0) is 0 Å². The Morgan fingerprint density at radius 2 is 2.05 bits per heavy atom. The van der Waals surface area contributed by atoms with Crippen molar-refractivity contribution in [2.45, 2.75) is 46.1 Å². The van der Waals surface area contributed by atoms with Crippen molar-refractivity contribution in [1.29, 1.82) is 0 Å². The van der Waals surface area contributed by atoms with Crippen LogP contribution in [0.5, 0.6) is 5.75 Å². The van der Waals surface area contributed by atoms with Gasteiger partial charge in [0.1, 0.15) is 5.75 Å². The third kappa shape index (κ3) is 3.79. The zero-order valence-electron chi connectivity index (χ0n) is 12.4. The lowest BCUT2D eigenvalue weighted by Gasteiger charge is -2.24. The van der Waals surface area contributed by atoms with Gasteiger partial charge in [0.2, 0.25) is 0 Å². The Morgan fingerprint density at radius 3 is 2.79 bits per heavy atom. The lowest BCUT2D eigenvalue weighted by atomic mass is 10.0. The third-order valence-corrected chi connectivity index (χ3v) is 3.74. The Hall–Kier alpha value is -1.38. The molecule has 2 N–H and O–H groups in total. The van der Waals surface area contributed by atoms with Crippen LogP contribution in [0.3, 0.4) is 0 Å². The number of anilines is 2. The van der Waals surface area contributed by atoms with Crippen LogP contribution in [0.4, 0.5) is 11.4 Å². The molecule has 0 amide bonds. The van der Waals surface area contributed by atoms with Crippen LogP contribution < -0.4 is 15.4 Å². The fourth-order valence-corrected chi connectivity index (χ4v) is 2.60. The maximum absolute atomic E-state index is 5.98. The summed E-state index contributed by atoms with van der Waals surface area (Å²) >= 11 is 0. The summed E-state index contributed by atoms with van der Waals surface area (Å²) in [5.41, 5.74) is 7.93. The van der Waals surface area contributed by atoms with E-state index in [1.807, 2.05) is 19.9 Å². The Bertz CT molecular complexity index is 417. The van der Waals surface area contributed by atoms with Gasteiger partial charge in [0.05, 0.1) is 11.8 Å². The number of ether oxygens (including phenoxy) is 1. The first-order chi connectivity index (χ1) is 9.06. The SMILES string of the molecule is CC1CCCN(c2ccc(N)c(OC(C)C)c2)CC1. The molecule has 1 saturated heterocycles. The predicted octanol–water partition coefficient (Wildman–Crippen LogP) is 3.68. The summed E-state index contributed by atoms with van der Waals surface area (Å²) in [5.74, 6) is 1.65. The molecule has 0 spiro atoms. The van der Waals surface area contributed by atoms with E-state index in [0.29, 0.717) is 0 Å². The van der Waals surface area contributed by atoms with Gasteiger partial charge in [-0.15, -0.1) is 0 Å². The van der Waals surface area contributed by atoms with Gasteiger partial charge in [0, 0.05) is 24.8 Å². The molecule has 1 fully saturated rings. The van der Waals surface area contributed by atoms with Crippen LogP contribution in [0.1, 0.15) is 40.0 Å². The molecule has 0 radical (unpaired) electrons. The highest BCUT2D eigenvalue weighted by Crippen LogP contribution is 2.30. The van der Waals surface area contributed by atoms with Crippen molar-refractivity contribution in [3.63, 3.8) is 0 Å². The lowest BCUT2D eigenvalue weighted by Crippen LogP contribution is -2.24. The minimum Gasteiger partial charge on any atom is -0.489 e. The van der Waals surface area contributed by atoms with Crippen molar-refractivity contribution in [3.8, 4) is 5.75 Å². The molecular weight excluding hydrogens is 236 g/mol. The number of nitrogens with zero attached hydrogens (tertiary/aromatic N) is 1. The summed E-state index contributed by atoms with van der Waals surface area (Å²) < 4.78 is 5.78. The molecule has 1 aromatic carbocycles. The molecule has 19 heavy (non-hydrogen) atoms. The molecule has 106 valence electrons. The molecule has 1 unspecified atom stereocenters. The van der Waals surface area contributed by atoms with E-state index < -0.39 is 0 Å².